The van der Waals surface area contributed by atoms with Gasteiger partial charge >= 0.3 is 5.97 Å². The van der Waals surface area contributed by atoms with Gasteiger partial charge in [-0.25, -0.2) is 0 Å². The highest BCUT2D eigenvalue weighted by molar-refractivity contribution is 5.89. The quantitative estimate of drug-likeness (QED) is 0.422. The van der Waals surface area contributed by atoms with Gasteiger partial charge in [0.1, 0.15) is 0 Å². The Morgan fingerprint density at radius 2 is 1.69 bits per heavy atom. The topological polar surface area (TPSA) is 91.4 Å². The number of nitrogens with one attached hydrogen (secondary N) is 2. The fourth-order valence-electron chi connectivity index (χ4n) is 4.90. The molecule has 1 heterocycles. The standard InChI is InChI=1S/C26H30N2O4/c1-13-14(2)16(4)22-11-18(10-21(22)15(13)3)27-12-23(30)19-6-8-24(32-17(5)29)26-20(19)7-9-25(31)28-26/h6-9,18,23,27,30H,10-12H2,1-5H3,(H,28,31)/t23-/m1/s1. The van der Waals surface area contributed by atoms with Crippen LogP contribution in [0.5, 0.6) is 5.75 Å². The summed E-state index contributed by atoms with van der Waals surface area (Å²) < 4.78 is 5.23. The Kier molecular flexibility index (Phi) is 5.93. The van der Waals surface area contributed by atoms with Crippen molar-refractivity contribution < 1.29 is 14.6 Å². The van der Waals surface area contributed by atoms with Crippen LogP contribution in [0.2, 0.25) is 0 Å². The summed E-state index contributed by atoms with van der Waals surface area (Å²) in [5.74, 6) is -0.195. The van der Waals surface area contributed by atoms with Crippen LogP contribution in [0.4, 0.5) is 0 Å². The van der Waals surface area contributed by atoms with E-state index in [2.05, 4.69) is 38.0 Å². The number of hydrogen-bond donors (Lipinski definition) is 3. The molecule has 32 heavy (non-hydrogen) atoms. The first kappa shape index (κ1) is 22.2. The molecule has 1 aromatic heterocycles. The second kappa shape index (κ2) is 8.52. The first-order valence-electron chi connectivity index (χ1n) is 11.0. The van der Waals surface area contributed by atoms with Crippen molar-refractivity contribution in [1.29, 1.82) is 0 Å². The molecule has 0 radical (unpaired) electrons. The summed E-state index contributed by atoms with van der Waals surface area (Å²) in [6, 6.07) is 6.69. The maximum atomic E-state index is 11.8. The van der Waals surface area contributed by atoms with Crippen LogP contribution >= 0.6 is 0 Å². The molecule has 168 valence electrons. The lowest BCUT2D eigenvalue weighted by atomic mass is 9.90. The molecule has 3 N–H and O–H groups in total. The summed E-state index contributed by atoms with van der Waals surface area (Å²) in [5.41, 5.74) is 9.16. The average Bonchev–Trinajstić information content (AvgIpc) is 3.19. The van der Waals surface area contributed by atoms with Crippen molar-refractivity contribution in [3.05, 3.63) is 73.6 Å². The average molecular weight is 435 g/mol. The highest BCUT2D eigenvalue weighted by Crippen LogP contribution is 2.34. The van der Waals surface area contributed by atoms with Gasteiger partial charge in [-0.1, -0.05) is 6.07 Å². The molecule has 0 bridgehead atoms. The molecule has 1 aliphatic carbocycles. The van der Waals surface area contributed by atoms with Crippen molar-refractivity contribution in [3.8, 4) is 5.75 Å². The molecule has 1 aliphatic rings. The van der Waals surface area contributed by atoms with E-state index in [-0.39, 0.29) is 17.4 Å². The smallest absolute Gasteiger partial charge is 0.308 e. The molecule has 4 rings (SSSR count). The summed E-state index contributed by atoms with van der Waals surface area (Å²) in [4.78, 5) is 26.0. The minimum atomic E-state index is -0.774. The van der Waals surface area contributed by atoms with E-state index >= 15 is 0 Å². The third-order valence-corrected chi connectivity index (χ3v) is 6.96. The van der Waals surface area contributed by atoms with Crippen LogP contribution in [0.3, 0.4) is 0 Å². The number of carbonyl (C=O) groups excluding carboxylic acids is 1. The number of ether oxygens (including phenoxy) is 1. The van der Waals surface area contributed by atoms with Crippen molar-refractivity contribution in [3.63, 3.8) is 0 Å². The molecule has 0 saturated carbocycles. The van der Waals surface area contributed by atoms with Gasteiger partial charge in [-0.15, -0.1) is 0 Å². The van der Waals surface area contributed by atoms with E-state index < -0.39 is 12.1 Å². The maximum Gasteiger partial charge on any atom is 0.308 e. The number of aliphatic hydroxyl groups is 1. The number of aliphatic hydroxyl groups excluding tert-OH is 1. The number of fused-ring (bicyclic) bond motifs is 2. The highest BCUT2D eigenvalue weighted by Gasteiger charge is 2.27. The number of H-pyrrole nitrogens is 1. The van der Waals surface area contributed by atoms with Gasteiger partial charge in [-0.2, -0.15) is 0 Å². The molecule has 0 aliphatic heterocycles. The Morgan fingerprint density at radius 3 is 2.28 bits per heavy atom. The Balaban J connectivity index is 1.55. The first-order chi connectivity index (χ1) is 15.2. The van der Waals surface area contributed by atoms with Gasteiger partial charge in [-0.3, -0.25) is 9.59 Å². The molecule has 0 unspecified atom stereocenters. The van der Waals surface area contributed by atoms with Gasteiger partial charge in [0.15, 0.2) is 5.75 Å². The second-order valence-electron chi connectivity index (χ2n) is 8.84. The van der Waals surface area contributed by atoms with E-state index in [9.17, 15) is 14.7 Å². The zero-order valence-corrected chi connectivity index (χ0v) is 19.3. The predicted molar refractivity (Wildman–Crippen MR) is 125 cm³/mol. The normalized spacial score (nSPS) is 14.6. The molecule has 0 spiro atoms. The molecule has 3 aromatic rings. The highest BCUT2D eigenvalue weighted by atomic mass is 16.5. The molecule has 0 saturated heterocycles. The van der Waals surface area contributed by atoms with E-state index in [0.29, 0.717) is 23.0 Å². The molecule has 2 aromatic carbocycles. The van der Waals surface area contributed by atoms with Crippen LogP contribution in [-0.2, 0) is 17.6 Å². The van der Waals surface area contributed by atoms with Crippen LogP contribution in [0, 0.1) is 27.7 Å². The van der Waals surface area contributed by atoms with E-state index in [4.69, 9.17) is 4.74 Å². The number of hydrogen-bond acceptors (Lipinski definition) is 5. The van der Waals surface area contributed by atoms with Crippen molar-refractivity contribution in [2.45, 2.75) is 59.6 Å². The molecule has 0 amide bonds. The minimum absolute atomic E-state index is 0.268. The van der Waals surface area contributed by atoms with Crippen LogP contribution in [0.15, 0.2) is 29.1 Å². The van der Waals surface area contributed by atoms with Gasteiger partial charge in [0.2, 0.25) is 5.56 Å². The van der Waals surface area contributed by atoms with E-state index in [1.807, 2.05) is 0 Å². The molecular weight excluding hydrogens is 404 g/mol. The number of carbonyl (C=O) groups is 1. The Labute approximate surface area is 187 Å². The Hall–Kier alpha value is -2.96. The third-order valence-electron chi connectivity index (χ3n) is 6.96. The van der Waals surface area contributed by atoms with E-state index in [1.165, 1.54) is 46.4 Å². The predicted octanol–water partition coefficient (Wildman–Crippen LogP) is 3.48. The largest absolute Gasteiger partial charge is 0.424 e. The summed E-state index contributed by atoms with van der Waals surface area (Å²) in [6.07, 6.45) is 1.13. The van der Waals surface area contributed by atoms with Crippen molar-refractivity contribution in [2.75, 3.05) is 6.54 Å². The van der Waals surface area contributed by atoms with Gasteiger partial charge < -0.3 is 20.1 Å². The van der Waals surface area contributed by atoms with E-state index in [0.717, 1.165) is 12.8 Å². The number of aromatic nitrogens is 1. The number of esters is 1. The van der Waals surface area contributed by atoms with Gasteiger partial charge in [0, 0.05) is 31.0 Å². The Morgan fingerprint density at radius 1 is 1.06 bits per heavy atom. The molecule has 6 nitrogen and oxygen atoms in total. The van der Waals surface area contributed by atoms with Gasteiger partial charge in [0.25, 0.3) is 0 Å². The van der Waals surface area contributed by atoms with Crippen LogP contribution in [-0.4, -0.2) is 28.6 Å². The summed E-state index contributed by atoms with van der Waals surface area (Å²) >= 11 is 0. The lowest BCUT2D eigenvalue weighted by molar-refractivity contribution is -0.131. The van der Waals surface area contributed by atoms with Crippen LogP contribution in [0.25, 0.3) is 10.9 Å². The summed E-state index contributed by atoms with van der Waals surface area (Å²) in [5, 5.41) is 15.2. The zero-order valence-electron chi connectivity index (χ0n) is 19.3. The zero-order chi connectivity index (χ0) is 23.2. The van der Waals surface area contributed by atoms with Crippen LogP contribution in [0.1, 0.15) is 52.0 Å². The second-order valence-corrected chi connectivity index (χ2v) is 8.84. The lowest BCUT2D eigenvalue weighted by Crippen LogP contribution is -2.33. The molecular formula is C26H30N2O4. The van der Waals surface area contributed by atoms with Crippen molar-refractivity contribution in [2.24, 2.45) is 0 Å². The van der Waals surface area contributed by atoms with Crippen molar-refractivity contribution in [1.82, 2.24) is 10.3 Å². The van der Waals surface area contributed by atoms with Crippen LogP contribution < -0.4 is 15.6 Å². The summed E-state index contributed by atoms with van der Waals surface area (Å²) in [7, 11) is 0. The third kappa shape index (κ3) is 3.96. The molecule has 6 heteroatoms. The monoisotopic (exact) mass is 434 g/mol. The fourth-order valence-corrected chi connectivity index (χ4v) is 4.90. The summed E-state index contributed by atoms with van der Waals surface area (Å²) in [6.45, 7) is 10.5. The molecule has 1 atom stereocenters. The first-order valence-corrected chi connectivity index (χ1v) is 11.0. The van der Waals surface area contributed by atoms with Gasteiger partial charge in [0.05, 0.1) is 11.6 Å². The number of benzene rings is 2. The number of rotatable bonds is 5. The SMILES string of the molecule is CC(=O)Oc1ccc([C@H](O)CNC2Cc3c(C)c(C)c(C)c(C)c3C2)c2ccc(=O)[nH]c12. The lowest BCUT2D eigenvalue weighted by Gasteiger charge is -2.19. The molecule has 0 fully saturated rings. The van der Waals surface area contributed by atoms with Gasteiger partial charge in [-0.05, 0) is 91.6 Å². The minimum Gasteiger partial charge on any atom is -0.424 e. The van der Waals surface area contributed by atoms with Crippen molar-refractivity contribution >= 4 is 16.9 Å². The maximum absolute atomic E-state index is 11.8. The fraction of sp³-hybridized carbons (Fsp3) is 0.385. The number of pyridine rings is 1. The Bertz CT molecular complexity index is 1240. The van der Waals surface area contributed by atoms with E-state index in [1.54, 1.807) is 18.2 Å². The number of aromatic amines is 1.